The van der Waals surface area contributed by atoms with E-state index < -0.39 is 30.0 Å². The zero-order valence-corrected chi connectivity index (χ0v) is 18.3. The van der Waals surface area contributed by atoms with Gasteiger partial charge < -0.3 is 14.8 Å². The van der Waals surface area contributed by atoms with Crippen LogP contribution in [0.25, 0.3) is 10.9 Å². The molecule has 0 aliphatic carbocycles. The number of benzene rings is 1. The highest BCUT2D eigenvalue weighted by Gasteiger charge is 2.56. The number of aryl methyl sites for hydroxylation is 1. The summed E-state index contributed by atoms with van der Waals surface area (Å²) in [6, 6.07) is 6.75. The lowest BCUT2D eigenvalue weighted by Gasteiger charge is -2.38. The van der Waals surface area contributed by atoms with Crippen molar-refractivity contribution in [2.24, 2.45) is 0 Å². The average Bonchev–Trinajstić information content (AvgIpc) is 3.26. The maximum Gasteiger partial charge on any atom is 0.417 e. The molecule has 3 aromatic rings. The van der Waals surface area contributed by atoms with Gasteiger partial charge in [0.2, 0.25) is 0 Å². The van der Waals surface area contributed by atoms with E-state index in [0.29, 0.717) is 46.3 Å². The Kier molecular flexibility index (Phi) is 5.25. The van der Waals surface area contributed by atoms with E-state index in [1.165, 1.54) is 0 Å². The molecule has 1 aromatic carbocycles. The molecule has 0 fully saturated rings. The minimum absolute atomic E-state index is 0.300. The van der Waals surface area contributed by atoms with Crippen LogP contribution in [0.4, 0.5) is 13.2 Å². The van der Waals surface area contributed by atoms with Crippen LogP contribution in [0.2, 0.25) is 5.02 Å². The second kappa shape index (κ2) is 7.41. The molecular weight excluding hydrogens is 429 g/mol. The van der Waals surface area contributed by atoms with Crippen LogP contribution in [-0.2, 0) is 18.3 Å². The first-order valence-electron chi connectivity index (χ1n) is 10.1. The van der Waals surface area contributed by atoms with E-state index in [2.05, 4.69) is 9.97 Å². The SMILES string of the molecule is Cc1nccc2[nH]c(CC(O)(CC(C)(C)c3cc(Cl)cc4c3OCC4)C(F)(F)F)cc12. The van der Waals surface area contributed by atoms with Gasteiger partial charge in [-0.1, -0.05) is 25.4 Å². The van der Waals surface area contributed by atoms with Crippen molar-refractivity contribution in [3.05, 3.63) is 58.0 Å². The van der Waals surface area contributed by atoms with Crippen molar-refractivity contribution in [3.63, 3.8) is 0 Å². The highest BCUT2D eigenvalue weighted by molar-refractivity contribution is 6.30. The molecule has 31 heavy (non-hydrogen) atoms. The number of aliphatic hydroxyl groups is 1. The van der Waals surface area contributed by atoms with Crippen LogP contribution in [0.1, 0.15) is 42.8 Å². The number of aromatic nitrogens is 2. The van der Waals surface area contributed by atoms with Gasteiger partial charge in [0.15, 0.2) is 5.60 Å². The summed E-state index contributed by atoms with van der Waals surface area (Å²) >= 11 is 6.23. The van der Waals surface area contributed by atoms with Crippen LogP contribution in [0.15, 0.2) is 30.5 Å². The molecule has 2 aromatic heterocycles. The van der Waals surface area contributed by atoms with Crippen molar-refractivity contribution < 1.29 is 23.0 Å². The monoisotopic (exact) mass is 452 g/mol. The molecule has 1 aliphatic heterocycles. The Balaban J connectivity index is 1.72. The molecule has 4 nitrogen and oxygen atoms in total. The molecule has 0 saturated carbocycles. The number of aromatic amines is 1. The lowest BCUT2D eigenvalue weighted by Crippen LogP contribution is -2.51. The Hall–Kier alpha value is -2.25. The minimum atomic E-state index is -4.84. The second-order valence-corrected chi connectivity index (χ2v) is 9.40. The van der Waals surface area contributed by atoms with Crippen LogP contribution in [0.3, 0.4) is 0 Å². The van der Waals surface area contributed by atoms with Gasteiger partial charge in [-0.25, -0.2) is 0 Å². The van der Waals surface area contributed by atoms with Gasteiger partial charge in [-0.05, 0) is 48.6 Å². The van der Waals surface area contributed by atoms with Gasteiger partial charge in [0.1, 0.15) is 5.75 Å². The summed E-state index contributed by atoms with van der Waals surface area (Å²) < 4.78 is 48.3. The zero-order chi connectivity index (χ0) is 22.6. The maximum absolute atomic E-state index is 14.2. The molecule has 0 bridgehead atoms. The molecule has 1 unspecified atom stereocenters. The normalized spacial score (nSPS) is 16.3. The Morgan fingerprint density at radius 1 is 1.23 bits per heavy atom. The third-order valence-electron chi connectivity index (χ3n) is 6.03. The summed E-state index contributed by atoms with van der Waals surface area (Å²) in [6.45, 7) is 5.61. The third kappa shape index (κ3) is 4.01. The standard InChI is InChI=1S/C23H24ClF3N2O2/c1-13-17-10-16(29-19(17)4-6-28-13)11-22(30,23(25,26)27)12-21(2,3)18-9-15(24)8-14-5-7-31-20(14)18/h4,6,8-10,29-30H,5,7,11-12H2,1-3H3. The summed E-state index contributed by atoms with van der Waals surface area (Å²) in [5.41, 5.74) is -0.847. The number of fused-ring (bicyclic) bond motifs is 2. The molecule has 2 N–H and O–H groups in total. The number of alkyl halides is 3. The van der Waals surface area contributed by atoms with E-state index in [9.17, 15) is 18.3 Å². The minimum Gasteiger partial charge on any atom is -0.493 e. The fourth-order valence-corrected chi connectivity index (χ4v) is 4.76. The quantitative estimate of drug-likeness (QED) is 0.525. The third-order valence-corrected chi connectivity index (χ3v) is 6.24. The van der Waals surface area contributed by atoms with Gasteiger partial charge >= 0.3 is 6.18 Å². The van der Waals surface area contributed by atoms with Crippen LogP contribution in [0, 0.1) is 6.92 Å². The van der Waals surface area contributed by atoms with Crippen LogP contribution >= 0.6 is 11.6 Å². The summed E-state index contributed by atoms with van der Waals surface area (Å²) in [5.74, 6) is 0.575. The Morgan fingerprint density at radius 3 is 2.65 bits per heavy atom. The van der Waals surface area contributed by atoms with E-state index in [4.69, 9.17) is 16.3 Å². The predicted octanol–water partition coefficient (Wildman–Crippen LogP) is 5.66. The van der Waals surface area contributed by atoms with Gasteiger partial charge in [0.05, 0.1) is 6.61 Å². The van der Waals surface area contributed by atoms with E-state index in [0.717, 1.165) is 10.9 Å². The van der Waals surface area contributed by atoms with Crippen LogP contribution < -0.4 is 4.74 Å². The van der Waals surface area contributed by atoms with E-state index in [1.807, 2.05) is 0 Å². The summed E-state index contributed by atoms with van der Waals surface area (Å²) in [7, 11) is 0. The number of ether oxygens (including phenoxy) is 1. The second-order valence-electron chi connectivity index (χ2n) is 8.96. The largest absolute Gasteiger partial charge is 0.493 e. The number of hydrogen-bond acceptors (Lipinski definition) is 3. The molecule has 1 atom stereocenters. The first-order valence-corrected chi connectivity index (χ1v) is 10.5. The lowest BCUT2D eigenvalue weighted by atomic mass is 9.73. The first kappa shape index (κ1) is 22.0. The molecule has 0 saturated heterocycles. The molecule has 1 aliphatic rings. The average molecular weight is 453 g/mol. The van der Waals surface area contributed by atoms with Crippen molar-refractivity contribution in [2.45, 2.75) is 57.2 Å². The van der Waals surface area contributed by atoms with Crippen molar-refractivity contribution >= 4 is 22.5 Å². The fraction of sp³-hybridized carbons (Fsp3) is 0.435. The van der Waals surface area contributed by atoms with E-state index >= 15 is 0 Å². The van der Waals surface area contributed by atoms with Gasteiger partial charge in [-0.2, -0.15) is 13.2 Å². The summed E-state index contributed by atoms with van der Waals surface area (Å²) in [4.78, 5) is 7.17. The Morgan fingerprint density at radius 2 is 1.97 bits per heavy atom. The fourth-order valence-electron chi connectivity index (χ4n) is 4.52. The van der Waals surface area contributed by atoms with Crippen LogP contribution in [0.5, 0.6) is 5.75 Å². The molecule has 0 radical (unpaired) electrons. The summed E-state index contributed by atoms with van der Waals surface area (Å²) in [5, 5.41) is 12.2. The zero-order valence-electron chi connectivity index (χ0n) is 17.5. The number of pyridine rings is 1. The molecule has 0 spiro atoms. The summed E-state index contributed by atoms with van der Waals surface area (Å²) in [6.07, 6.45) is -3.73. The number of hydrogen-bond donors (Lipinski definition) is 2. The molecular formula is C23H24ClF3N2O2. The van der Waals surface area contributed by atoms with E-state index in [-0.39, 0.29) is 0 Å². The molecule has 166 valence electrons. The van der Waals surface area contributed by atoms with Crippen molar-refractivity contribution in [1.82, 2.24) is 9.97 Å². The number of H-pyrrole nitrogens is 1. The molecule has 0 amide bonds. The van der Waals surface area contributed by atoms with Gasteiger partial charge in [0, 0.05) is 51.9 Å². The highest BCUT2D eigenvalue weighted by atomic mass is 35.5. The van der Waals surface area contributed by atoms with E-state index in [1.54, 1.807) is 51.2 Å². The number of nitrogens with one attached hydrogen (secondary N) is 1. The van der Waals surface area contributed by atoms with Gasteiger partial charge in [0.25, 0.3) is 0 Å². The van der Waals surface area contributed by atoms with Crippen molar-refractivity contribution in [2.75, 3.05) is 6.61 Å². The molecule has 4 rings (SSSR count). The predicted molar refractivity (Wildman–Crippen MR) is 114 cm³/mol. The number of nitrogens with zero attached hydrogens (tertiary/aromatic N) is 1. The van der Waals surface area contributed by atoms with Crippen LogP contribution in [-0.4, -0.2) is 33.5 Å². The van der Waals surface area contributed by atoms with Crippen molar-refractivity contribution in [1.29, 1.82) is 0 Å². The van der Waals surface area contributed by atoms with Gasteiger partial charge in [-0.3, -0.25) is 4.98 Å². The lowest BCUT2D eigenvalue weighted by molar-refractivity contribution is -0.266. The number of halogens is 4. The highest BCUT2D eigenvalue weighted by Crippen LogP contribution is 2.47. The Labute approximate surface area is 183 Å². The topological polar surface area (TPSA) is 58.1 Å². The number of rotatable bonds is 5. The van der Waals surface area contributed by atoms with Crippen molar-refractivity contribution in [3.8, 4) is 5.75 Å². The smallest absolute Gasteiger partial charge is 0.417 e. The Bertz CT molecular complexity index is 1140. The first-order chi connectivity index (χ1) is 14.4. The molecule has 8 heteroatoms. The van der Waals surface area contributed by atoms with Gasteiger partial charge in [-0.15, -0.1) is 0 Å². The maximum atomic E-state index is 14.2. The molecule has 3 heterocycles.